The predicted octanol–water partition coefficient (Wildman–Crippen LogP) is 3.32. The van der Waals surface area contributed by atoms with Crippen molar-refractivity contribution in [2.24, 2.45) is 0 Å². The Morgan fingerprint density at radius 3 is 2.55 bits per heavy atom. The van der Waals surface area contributed by atoms with Crippen molar-refractivity contribution in [2.75, 3.05) is 24.5 Å². The van der Waals surface area contributed by atoms with Gasteiger partial charge in [-0.15, -0.1) is 0 Å². The van der Waals surface area contributed by atoms with Gasteiger partial charge in [0.25, 0.3) is 5.91 Å². The van der Waals surface area contributed by atoms with E-state index in [9.17, 15) is 22.8 Å². The predicted molar refractivity (Wildman–Crippen MR) is 107 cm³/mol. The summed E-state index contributed by atoms with van der Waals surface area (Å²) in [4.78, 5) is 42.2. The van der Waals surface area contributed by atoms with E-state index in [0.29, 0.717) is 25.1 Å². The van der Waals surface area contributed by atoms with Crippen LogP contribution in [-0.4, -0.2) is 58.6 Å². The third-order valence-corrected chi connectivity index (χ3v) is 5.99. The van der Waals surface area contributed by atoms with E-state index in [1.54, 1.807) is 6.20 Å². The lowest BCUT2D eigenvalue weighted by molar-refractivity contribution is -0.192. The van der Waals surface area contributed by atoms with Gasteiger partial charge in [0.15, 0.2) is 0 Å². The third-order valence-electron chi connectivity index (χ3n) is 5.31. The Balaban J connectivity index is 0.000000339. The van der Waals surface area contributed by atoms with E-state index in [4.69, 9.17) is 9.90 Å². The highest BCUT2D eigenvalue weighted by Gasteiger charge is 2.50. The summed E-state index contributed by atoms with van der Waals surface area (Å²) < 4.78 is 31.7. The van der Waals surface area contributed by atoms with Gasteiger partial charge in [0.05, 0.1) is 22.4 Å². The second-order valence-corrected chi connectivity index (χ2v) is 8.06. The molecule has 1 N–H and O–H groups in total. The Morgan fingerprint density at radius 2 is 1.97 bits per heavy atom. The molecule has 0 aromatic carbocycles. The molecule has 1 spiro atoms. The number of halogens is 3. The summed E-state index contributed by atoms with van der Waals surface area (Å²) in [6.07, 6.45) is -1.93. The van der Waals surface area contributed by atoms with Crippen LogP contribution in [0.3, 0.4) is 0 Å². The van der Waals surface area contributed by atoms with Crippen molar-refractivity contribution in [1.29, 1.82) is 0 Å². The number of thiophene rings is 1. The van der Waals surface area contributed by atoms with Crippen LogP contribution in [0.4, 0.5) is 18.9 Å². The van der Waals surface area contributed by atoms with E-state index in [2.05, 4.69) is 4.98 Å². The fourth-order valence-electron chi connectivity index (χ4n) is 3.84. The van der Waals surface area contributed by atoms with E-state index in [0.717, 1.165) is 24.3 Å². The maximum absolute atomic E-state index is 12.9. The molecule has 31 heavy (non-hydrogen) atoms. The molecule has 0 bridgehead atoms. The van der Waals surface area contributed by atoms with Crippen molar-refractivity contribution < 1.29 is 32.7 Å². The topological polar surface area (TPSA) is 90.8 Å². The number of aromatic nitrogens is 1. The first-order valence-electron chi connectivity index (χ1n) is 9.46. The van der Waals surface area contributed by atoms with E-state index >= 15 is 0 Å². The van der Waals surface area contributed by atoms with Crippen LogP contribution in [0.25, 0.3) is 0 Å². The van der Waals surface area contributed by atoms with Gasteiger partial charge in [-0.1, -0.05) is 6.92 Å². The van der Waals surface area contributed by atoms with Crippen LogP contribution >= 0.6 is 11.3 Å². The number of pyridine rings is 1. The second kappa shape index (κ2) is 8.66. The zero-order valence-electron chi connectivity index (χ0n) is 16.6. The smallest absolute Gasteiger partial charge is 0.475 e. The molecule has 1 atom stereocenters. The molecule has 1 saturated heterocycles. The number of amides is 2. The molecule has 4 rings (SSSR count). The highest BCUT2D eigenvalue weighted by Crippen LogP contribution is 2.45. The van der Waals surface area contributed by atoms with Crippen molar-refractivity contribution in [2.45, 2.75) is 31.4 Å². The van der Waals surface area contributed by atoms with Gasteiger partial charge in [0.1, 0.15) is 0 Å². The fraction of sp³-hybridized carbons (Fsp3) is 0.400. The van der Waals surface area contributed by atoms with Gasteiger partial charge in [-0.2, -0.15) is 24.5 Å². The van der Waals surface area contributed by atoms with Crippen LogP contribution < -0.4 is 4.90 Å². The number of alkyl halides is 3. The number of carboxylic acids is 1. The average molecular weight is 455 g/mol. The van der Waals surface area contributed by atoms with Gasteiger partial charge < -0.3 is 14.9 Å². The summed E-state index contributed by atoms with van der Waals surface area (Å²) in [5, 5.41) is 10.9. The van der Waals surface area contributed by atoms with Crippen LogP contribution in [0.1, 0.15) is 35.8 Å². The number of carbonyl (C=O) groups excluding carboxylic acids is 2. The lowest BCUT2D eigenvalue weighted by Crippen LogP contribution is -2.40. The highest BCUT2D eigenvalue weighted by atomic mass is 32.1. The third kappa shape index (κ3) is 4.55. The number of aliphatic carboxylic acids is 1. The minimum absolute atomic E-state index is 0.0163. The van der Waals surface area contributed by atoms with Crippen LogP contribution in [0.15, 0.2) is 35.2 Å². The number of fused-ring (bicyclic) bond motifs is 2. The van der Waals surface area contributed by atoms with Crippen LogP contribution in [0.5, 0.6) is 0 Å². The van der Waals surface area contributed by atoms with E-state index in [1.165, 1.54) is 11.3 Å². The Kier molecular flexibility index (Phi) is 6.35. The van der Waals surface area contributed by atoms with Crippen LogP contribution in [0, 0.1) is 0 Å². The van der Waals surface area contributed by atoms with Gasteiger partial charge in [-0.05, 0) is 30.0 Å². The summed E-state index contributed by atoms with van der Waals surface area (Å²) in [5.74, 6) is -2.57. The maximum atomic E-state index is 12.9. The van der Waals surface area contributed by atoms with Crippen molar-refractivity contribution >= 4 is 34.8 Å². The number of carbonyl (C=O) groups is 3. The molecule has 0 aliphatic carbocycles. The zero-order chi connectivity index (χ0) is 22.8. The maximum Gasteiger partial charge on any atom is 0.490 e. The van der Waals surface area contributed by atoms with E-state index < -0.39 is 12.1 Å². The molecule has 2 amide bonds. The molecule has 7 nitrogen and oxygen atoms in total. The Labute approximate surface area is 180 Å². The molecule has 0 saturated carbocycles. The average Bonchev–Trinajstić information content (AvgIpc) is 3.47. The molecule has 2 aromatic rings. The second-order valence-electron chi connectivity index (χ2n) is 7.28. The fourth-order valence-corrected chi connectivity index (χ4v) is 4.47. The molecule has 2 aliphatic heterocycles. The molecule has 0 radical (unpaired) electrons. The van der Waals surface area contributed by atoms with Gasteiger partial charge in [0, 0.05) is 37.6 Å². The molecule has 166 valence electrons. The van der Waals surface area contributed by atoms with Crippen LogP contribution in [0.2, 0.25) is 0 Å². The number of anilines is 1. The Bertz CT molecular complexity index is 980. The van der Waals surface area contributed by atoms with E-state index in [-0.39, 0.29) is 17.2 Å². The Morgan fingerprint density at radius 1 is 1.26 bits per heavy atom. The standard InChI is InChI=1S/C18H19N3O2S.C2HF3O2/c1-2-15(22)20-8-6-18(11-20)12-21(14-4-3-7-19-16(14)18)17(23)13-5-9-24-10-13;3-2(4,5)1(6)7/h3-5,7,9-10H,2,6,8,11-12H2,1H3;(H,6,7). The molecule has 1 unspecified atom stereocenters. The van der Waals surface area contributed by atoms with Crippen LogP contribution in [-0.2, 0) is 15.0 Å². The number of likely N-dealkylation sites (tertiary alicyclic amines) is 1. The first-order valence-corrected chi connectivity index (χ1v) is 10.4. The monoisotopic (exact) mass is 455 g/mol. The van der Waals surface area contributed by atoms with Gasteiger partial charge >= 0.3 is 12.1 Å². The molecule has 2 aromatic heterocycles. The first-order chi connectivity index (χ1) is 14.6. The number of hydrogen-bond acceptors (Lipinski definition) is 5. The minimum atomic E-state index is -5.08. The minimum Gasteiger partial charge on any atom is -0.475 e. The van der Waals surface area contributed by atoms with Gasteiger partial charge in [-0.25, -0.2) is 4.79 Å². The lowest BCUT2D eigenvalue weighted by Gasteiger charge is -2.24. The highest BCUT2D eigenvalue weighted by molar-refractivity contribution is 7.08. The summed E-state index contributed by atoms with van der Waals surface area (Å²) in [6.45, 7) is 3.88. The largest absolute Gasteiger partial charge is 0.490 e. The SMILES string of the molecule is CCC(=O)N1CCC2(C1)CN(C(=O)c1ccsc1)c1cccnc12.O=C(O)C(F)(F)F. The molecule has 4 heterocycles. The van der Waals surface area contributed by atoms with Crippen molar-refractivity contribution in [3.63, 3.8) is 0 Å². The summed E-state index contributed by atoms with van der Waals surface area (Å²) in [7, 11) is 0. The number of carboxylic acid groups (broad SMARTS) is 1. The zero-order valence-corrected chi connectivity index (χ0v) is 17.4. The van der Waals surface area contributed by atoms with E-state index in [1.807, 2.05) is 45.7 Å². The number of nitrogens with zero attached hydrogens (tertiary/aromatic N) is 3. The molecule has 11 heteroatoms. The summed E-state index contributed by atoms with van der Waals surface area (Å²) in [6, 6.07) is 5.69. The molecule has 2 aliphatic rings. The number of rotatable bonds is 2. The Hall–Kier alpha value is -2.95. The molecular weight excluding hydrogens is 435 g/mol. The number of hydrogen-bond donors (Lipinski definition) is 1. The van der Waals surface area contributed by atoms with Gasteiger partial charge in [-0.3, -0.25) is 14.6 Å². The first kappa shape index (κ1) is 22.7. The van der Waals surface area contributed by atoms with Gasteiger partial charge in [0.2, 0.25) is 5.91 Å². The quantitative estimate of drug-likeness (QED) is 0.750. The molecular formula is C20H20F3N3O4S. The normalized spacial score (nSPS) is 19.7. The molecule has 1 fully saturated rings. The summed E-state index contributed by atoms with van der Waals surface area (Å²) >= 11 is 1.52. The van der Waals surface area contributed by atoms with Crippen molar-refractivity contribution in [1.82, 2.24) is 9.88 Å². The summed E-state index contributed by atoms with van der Waals surface area (Å²) in [5.41, 5.74) is 2.33. The van der Waals surface area contributed by atoms with Crippen molar-refractivity contribution in [3.05, 3.63) is 46.4 Å². The lowest BCUT2D eigenvalue weighted by atomic mass is 9.85. The van der Waals surface area contributed by atoms with Crippen molar-refractivity contribution in [3.8, 4) is 0 Å².